The summed E-state index contributed by atoms with van der Waals surface area (Å²) in [6.07, 6.45) is 0. The Morgan fingerprint density at radius 2 is 2.00 bits per heavy atom. The van der Waals surface area contributed by atoms with Gasteiger partial charge in [0.2, 0.25) is 5.78 Å². The zero-order chi connectivity index (χ0) is 15.6. The Hall–Kier alpha value is -2.21. The quantitative estimate of drug-likeness (QED) is 0.478. The second-order valence-corrected chi connectivity index (χ2v) is 6.20. The van der Waals surface area contributed by atoms with Gasteiger partial charge in [-0.2, -0.15) is 0 Å². The van der Waals surface area contributed by atoms with Gasteiger partial charge in [0.05, 0.1) is 4.92 Å². The van der Waals surface area contributed by atoms with Gasteiger partial charge in [0.25, 0.3) is 5.69 Å². The first-order valence-electron chi connectivity index (χ1n) is 6.36. The Labute approximate surface area is 126 Å². The van der Waals surface area contributed by atoms with Crippen LogP contribution in [0.2, 0.25) is 0 Å². The Bertz CT molecular complexity index is 706. The summed E-state index contributed by atoms with van der Waals surface area (Å²) in [5.41, 5.74) is 1.22. The highest BCUT2D eigenvalue weighted by Gasteiger charge is 2.14. The van der Waals surface area contributed by atoms with Crippen molar-refractivity contribution in [3.8, 4) is 5.75 Å². The predicted molar refractivity (Wildman–Crippen MR) is 81.5 cm³/mol. The zero-order valence-corrected chi connectivity index (χ0v) is 12.8. The number of nitro benzene ring substituents is 1. The molecule has 0 saturated carbocycles. The van der Waals surface area contributed by atoms with Crippen LogP contribution in [-0.4, -0.2) is 17.3 Å². The molecule has 5 nitrogen and oxygen atoms in total. The van der Waals surface area contributed by atoms with Crippen LogP contribution in [0.1, 0.15) is 25.7 Å². The van der Waals surface area contributed by atoms with Gasteiger partial charge in [-0.15, -0.1) is 11.3 Å². The van der Waals surface area contributed by atoms with Crippen LogP contribution in [0.3, 0.4) is 0 Å². The number of aryl methyl sites for hydroxylation is 3. The SMILES string of the molecule is Cc1cc(C(=O)COc2ccc([N+](=O)[O-])c(C)c2)c(C)s1. The molecule has 0 radical (unpaired) electrons. The van der Waals surface area contributed by atoms with Gasteiger partial charge in [0.1, 0.15) is 5.75 Å². The molecular weight excluding hydrogens is 290 g/mol. The summed E-state index contributed by atoms with van der Waals surface area (Å²) < 4.78 is 5.43. The number of Topliss-reactive ketones (excluding diaryl/α,β-unsaturated/α-hetero) is 1. The van der Waals surface area contributed by atoms with E-state index in [1.54, 1.807) is 24.3 Å². The number of ether oxygens (including phenoxy) is 1. The van der Waals surface area contributed by atoms with Crippen LogP contribution in [0.25, 0.3) is 0 Å². The number of nitrogens with zero attached hydrogens (tertiary/aromatic N) is 1. The molecular formula is C15H15NO4S. The van der Waals surface area contributed by atoms with Crippen LogP contribution in [0, 0.1) is 30.9 Å². The number of ketones is 1. The highest BCUT2D eigenvalue weighted by atomic mass is 32.1. The van der Waals surface area contributed by atoms with Gasteiger partial charge in [-0.05, 0) is 39.0 Å². The van der Waals surface area contributed by atoms with Gasteiger partial charge < -0.3 is 4.74 Å². The first kappa shape index (κ1) is 15.2. The van der Waals surface area contributed by atoms with Crippen molar-refractivity contribution < 1.29 is 14.5 Å². The number of rotatable bonds is 5. The van der Waals surface area contributed by atoms with Crippen molar-refractivity contribution in [2.24, 2.45) is 0 Å². The molecule has 0 saturated heterocycles. The molecule has 0 unspecified atom stereocenters. The fourth-order valence-corrected chi connectivity index (χ4v) is 3.00. The number of nitro groups is 1. The van der Waals surface area contributed by atoms with Crippen LogP contribution >= 0.6 is 11.3 Å². The molecule has 1 aromatic carbocycles. The lowest BCUT2D eigenvalue weighted by Crippen LogP contribution is -2.11. The van der Waals surface area contributed by atoms with Crippen molar-refractivity contribution in [2.45, 2.75) is 20.8 Å². The zero-order valence-electron chi connectivity index (χ0n) is 12.0. The van der Waals surface area contributed by atoms with Crippen molar-refractivity contribution in [3.05, 3.63) is 55.3 Å². The maximum absolute atomic E-state index is 12.1. The van der Waals surface area contributed by atoms with Gasteiger partial charge in [-0.1, -0.05) is 0 Å². The van der Waals surface area contributed by atoms with Crippen LogP contribution in [0.5, 0.6) is 5.75 Å². The first-order chi connectivity index (χ1) is 9.88. The van der Waals surface area contributed by atoms with Crippen molar-refractivity contribution in [1.29, 1.82) is 0 Å². The number of hydrogen-bond donors (Lipinski definition) is 0. The van der Waals surface area contributed by atoms with E-state index >= 15 is 0 Å². The number of thiophene rings is 1. The van der Waals surface area contributed by atoms with Crippen molar-refractivity contribution in [1.82, 2.24) is 0 Å². The average Bonchev–Trinajstić information content (AvgIpc) is 2.74. The Morgan fingerprint density at radius 1 is 1.29 bits per heavy atom. The lowest BCUT2D eigenvalue weighted by atomic mass is 10.1. The van der Waals surface area contributed by atoms with Gasteiger partial charge in [-0.3, -0.25) is 14.9 Å². The molecule has 1 aromatic heterocycles. The summed E-state index contributed by atoms with van der Waals surface area (Å²) >= 11 is 1.58. The minimum Gasteiger partial charge on any atom is -0.485 e. The first-order valence-corrected chi connectivity index (χ1v) is 7.18. The summed E-state index contributed by atoms with van der Waals surface area (Å²) in [5, 5.41) is 10.7. The predicted octanol–water partition coefficient (Wildman–Crippen LogP) is 3.84. The molecule has 1 heterocycles. The molecule has 0 aliphatic carbocycles. The van der Waals surface area contributed by atoms with Gasteiger partial charge in [-0.25, -0.2) is 0 Å². The molecule has 0 spiro atoms. The van der Waals surface area contributed by atoms with E-state index in [0.717, 1.165) is 9.75 Å². The standard InChI is InChI=1S/C15H15NO4S/c1-9-6-12(4-5-14(9)16(18)19)20-8-15(17)13-7-10(2)21-11(13)3/h4-7H,8H2,1-3H3. The lowest BCUT2D eigenvalue weighted by Gasteiger charge is -2.06. The maximum atomic E-state index is 12.1. The smallest absolute Gasteiger partial charge is 0.272 e. The fraction of sp³-hybridized carbons (Fsp3) is 0.267. The average molecular weight is 305 g/mol. The molecule has 0 N–H and O–H groups in total. The largest absolute Gasteiger partial charge is 0.485 e. The third-order valence-electron chi connectivity index (χ3n) is 3.08. The van der Waals surface area contributed by atoms with E-state index in [1.165, 1.54) is 12.1 Å². The van der Waals surface area contributed by atoms with Crippen molar-refractivity contribution >= 4 is 22.8 Å². The minimum atomic E-state index is -0.443. The molecule has 0 fully saturated rings. The Morgan fingerprint density at radius 3 is 2.52 bits per heavy atom. The van der Waals surface area contributed by atoms with Crippen molar-refractivity contribution in [2.75, 3.05) is 6.61 Å². The molecule has 0 amide bonds. The number of carbonyl (C=O) groups is 1. The van der Waals surface area contributed by atoms with Crippen LogP contribution in [0.4, 0.5) is 5.69 Å². The van der Waals surface area contributed by atoms with E-state index in [-0.39, 0.29) is 18.1 Å². The molecule has 0 aliphatic rings. The molecule has 2 aromatic rings. The van der Waals surface area contributed by atoms with Crippen LogP contribution < -0.4 is 4.74 Å². The van der Waals surface area contributed by atoms with E-state index in [0.29, 0.717) is 16.9 Å². The van der Waals surface area contributed by atoms with Crippen LogP contribution in [-0.2, 0) is 0 Å². The molecule has 0 atom stereocenters. The monoisotopic (exact) mass is 305 g/mol. The van der Waals surface area contributed by atoms with Gasteiger partial charge in [0.15, 0.2) is 6.61 Å². The molecule has 0 aliphatic heterocycles. The number of hydrogen-bond acceptors (Lipinski definition) is 5. The topological polar surface area (TPSA) is 69.4 Å². The molecule has 110 valence electrons. The third kappa shape index (κ3) is 3.46. The minimum absolute atomic E-state index is 0.0398. The summed E-state index contributed by atoms with van der Waals surface area (Å²) in [7, 11) is 0. The third-order valence-corrected chi connectivity index (χ3v) is 4.04. The van der Waals surface area contributed by atoms with Crippen LogP contribution in [0.15, 0.2) is 24.3 Å². The number of benzene rings is 1. The van der Waals surface area contributed by atoms with Gasteiger partial charge in [0, 0.05) is 26.9 Å². The van der Waals surface area contributed by atoms with E-state index in [2.05, 4.69) is 0 Å². The molecule has 6 heteroatoms. The molecule has 0 bridgehead atoms. The summed E-state index contributed by atoms with van der Waals surface area (Å²) in [6.45, 7) is 5.42. The second kappa shape index (κ2) is 6.05. The Balaban J connectivity index is 2.06. The number of carbonyl (C=O) groups excluding carboxylic acids is 1. The lowest BCUT2D eigenvalue weighted by molar-refractivity contribution is -0.385. The summed E-state index contributed by atoms with van der Waals surface area (Å²) in [6, 6.07) is 6.31. The Kier molecular flexibility index (Phi) is 4.37. The highest BCUT2D eigenvalue weighted by molar-refractivity contribution is 7.12. The van der Waals surface area contributed by atoms with E-state index in [9.17, 15) is 14.9 Å². The highest BCUT2D eigenvalue weighted by Crippen LogP contribution is 2.24. The summed E-state index contributed by atoms with van der Waals surface area (Å²) in [5.74, 6) is 0.365. The van der Waals surface area contributed by atoms with E-state index in [4.69, 9.17) is 4.74 Å². The molecule has 21 heavy (non-hydrogen) atoms. The second-order valence-electron chi connectivity index (χ2n) is 4.74. The molecule has 2 rings (SSSR count). The normalized spacial score (nSPS) is 10.4. The fourth-order valence-electron chi connectivity index (χ4n) is 2.06. The van der Waals surface area contributed by atoms with E-state index < -0.39 is 4.92 Å². The maximum Gasteiger partial charge on any atom is 0.272 e. The van der Waals surface area contributed by atoms with Crippen molar-refractivity contribution in [3.63, 3.8) is 0 Å². The van der Waals surface area contributed by atoms with E-state index in [1.807, 2.05) is 19.9 Å². The summed E-state index contributed by atoms with van der Waals surface area (Å²) in [4.78, 5) is 24.4. The van der Waals surface area contributed by atoms with Gasteiger partial charge >= 0.3 is 0 Å².